The molecule has 0 radical (unpaired) electrons. The van der Waals surface area contributed by atoms with Gasteiger partial charge in [0.05, 0.1) is 6.54 Å². The van der Waals surface area contributed by atoms with Gasteiger partial charge in [-0.3, -0.25) is 4.79 Å². The van der Waals surface area contributed by atoms with E-state index >= 15 is 0 Å². The fraction of sp³-hybridized carbons (Fsp3) is 0.316. The van der Waals surface area contributed by atoms with Crippen LogP contribution in [0.3, 0.4) is 0 Å². The van der Waals surface area contributed by atoms with Gasteiger partial charge in [0.15, 0.2) is 0 Å². The lowest BCUT2D eigenvalue weighted by Crippen LogP contribution is -2.31. The molecule has 0 saturated heterocycles. The molecule has 1 N–H and O–H groups in total. The Bertz CT molecular complexity index is 759. The largest absolute Gasteiger partial charge is 0.378 e. The summed E-state index contributed by atoms with van der Waals surface area (Å²) in [5.41, 5.74) is 4.52. The van der Waals surface area contributed by atoms with Crippen molar-refractivity contribution in [2.24, 2.45) is 0 Å². The molecule has 1 unspecified atom stereocenters. The minimum atomic E-state index is 0.117. The van der Waals surface area contributed by atoms with E-state index in [1.165, 1.54) is 11.1 Å². The number of halogens is 2. The first kappa shape index (κ1) is 17.3. The number of rotatable bonds is 4. The van der Waals surface area contributed by atoms with Crippen molar-refractivity contribution in [3.63, 3.8) is 0 Å². The second-order valence-corrected chi connectivity index (χ2v) is 7.23. The number of carbonyl (C=O) groups excluding carboxylic acids is 1. The monoisotopic (exact) mass is 362 g/mol. The lowest BCUT2D eigenvalue weighted by molar-refractivity contribution is -0.115. The molecule has 1 heterocycles. The average Bonchev–Trinajstić information content (AvgIpc) is 2.53. The lowest BCUT2D eigenvalue weighted by atomic mass is 9.84. The van der Waals surface area contributed by atoms with Crippen LogP contribution in [0.1, 0.15) is 29.5 Å². The molecule has 0 aliphatic carbocycles. The molecule has 3 nitrogen and oxygen atoms in total. The third-order valence-electron chi connectivity index (χ3n) is 4.35. The van der Waals surface area contributed by atoms with E-state index in [1.54, 1.807) is 6.92 Å². The Hall–Kier alpha value is -1.55. The quantitative estimate of drug-likeness (QED) is 0.864. The number of nitrogens with zero attached hydrogens (tertiary/aromatic N) is 1. The van der Waals surface area contributed by atoms with Gasteiger partial charge in [-0.05, 0) is 54.9 Å². The van der Waals surface area contributed by atoms with Crippen molar-refractivity contribution < 1.29 is 4.79 Å². The molecule has 0 spiro atoms. The summed E-state index contributed by atoms with van der Waals surface area (Å²) >= 11 is 12.6. The highest BCUT2D eigenvalue weighted by atomic mass is 35.5. The van der Waals surface area contributed by atoms with Gasteiger partial charge >= 0.3 is 0 Å². The van der Waals surface area contributed by atoms with E-state index < -0.39 is 0 Å². The zero-order valence-electron chi connectivity index (χ0n) is 13.8. The van der Waals surface area contributed by atoms with Gasteiger partial charge in [0.2, 0.25) is 0 Å². The molecule has 0 saturated carbocycles. The van der Waals surface area contributed by atoms with E-state index in [0.717, 1.165) is 29.4 Å². The maximum Gasteiger partial charge on any atom is 0.148 e. The van der Waals surface area contributed by atoms with Crippen molar-refractivity contribution in [2.45, 2.75) is 19.4 Å². The van der Waals surface area contributed by atoms with Crippen molar-refractivity contribution in [1.82, 2.24) is 4.90 Å². The predicted molar refractivity (Wildman–Crippen MR) is 100 cm³/mol. The number of hydrogen-bond donors (Lipinski definition) is 1. The number of fused-ring (bicyclic) bond motifs is 1. The van der Waals surface area contributed by atoms with Crippen LogP contribution in [0.4, 0.5) is 5.69 Å². The maximum atomic E-state index is 11.1. The van der Waals surface area contributed by atoms with Crippen molar-refractivity contribution >= 4 is 34.7 Å². The normalized spacial score (nSPS) is 17.4. The summed E-state index contributed by atoms with van der Waals surface area (Å²) in [4.78, 5) is 13.3. The van der Waals surface area contributed by atoms with E-state index in [2.05, 4.69) is 29.4 Å². The highest BCUT2D eigenvalue weighted by molar-refractivity contribution is 6.35. The summed E-state index contributed by atoms with van der Waals surface area (Å²) in [6.45, 7) is 3.67. The van der Waals surface area contributed by atoms with Crippen LogP contribution in [0.5, 0.6) is 0 Å². The lowest BCUT2D eigenvalue weighted by Gasteiger charge is -2.33. The Kier molecular flexibility index (Phi) is 5.14. The Labute approximate surface area is 152 Å². The third kappa shape index (κ3) is 3.75. The standard InChI is InChI=1S/C19H20Cl2N2O/c1-12(24)9-22-15-5-3-13(4-6-15)17-10-23(2)11-18-16(17)7-14(20)8-19(18)21/h3-8,17,22H,9-11H2,1-2H3. The zero-order chi connectivity index (χ0) is 17.3. The Morgan fingerprint density at radius 1 is 1.25 bits per heavy atom. The second kappa shape index (κ2) is 7.14. The van der Waals surface area contributed by atoms with Crippen molar-refractivity contribution in [1.29, 1.82) is 0 Å². The number of likely N-dealkylation sites (N-methyl/N-ethyl adjacent to an activating group) is 1. The van der Waals surface area contributed by atoms with Gasteiger partial charge in [-0.25, -0.2) is 0 Å². The molecule has 1 atom stereocenters. The molecule has 2 aromatic carbocycles. The van der Waals surface area contributed by atoms with E-state index in [1.807, 2.05) is 24.3 Å². The fourth-order valence-corrected chi connectivity index (χ4v) is 3.76. The van der Waals surface area contributed by atoms with E-state index in [-0.39, 0.29) is 11.7 Å². The number of Topliss-reactive ketones (excluding diaryl/α,β-unsaturated/α-hetero) is 1. The van der Waals surface area contributed by atoms with Gasteiger partial charge in [-0.2, -0.15) is 0 Å². The van der Waals surface area contributed by atoms with Gasteiger partial charge in [-0.1, -0.05) is 35.3 Å². The smallest absolute Gasteiger partial charge is 0.148 e. The van der Waals surface area contributed by atoms with Crippen LogP contribution in [0.2, 0.25) is 10.0 Å². The summed E-state index contributed by atoms with van der Waals surface area (Å²) in [5, 5.41) is 4.52. The molecule has 24 heavy (non-hydrogen) atoms. The fourth-order valence-electron chi connectivity index (χ4n) is 3.19. The molecular formula is C19H20Cl2N2O. The van der Waals surface area contributed by atoms with Gasteiger partial charge < -0.3 is 10.2 Å². The number of ketones is 1. The summed E-state index contributed by atoms with van der Waals surface area (Å²) in [6, 6.07) is 12.1. The van der Waals surface area contributed by atoms with Crippen molar-refractivity contribution in [3.05, 3.63) is 63.1 Å². The van der Waals surface area contributed by atoms with Crippen LogP contribution >= 0.6 is 23.2 Å². The Morgan fingerprint density at radius 3 is 2.62 bits per heavy atom. The molecule has 3 rings (SSSR count). The summed E-state index contributed by atoms with van der Waals surface area (Å²) in [6.07, 6.45) is 0. The minimum Gasteiger partial charge on any atom is -0.378 e. The third-order valence-corrected chi connectivity index (χ3v) is 4.90. The number of nitrogens with one attached hydrogen (secondary N) is 1. The Morgan fingerprint density at radius 2 is 1.96 bits per heavy atom. The SMILES string of the molecule is CC(=O)CNc1ccc(C2CN(C)Cc3c(Cl)cc(Cl)cc32)cc1. The summed E-state index contributed by atoms with van der Waals surface area (Å²) in [5.74, 6) is 0.350. The minimum absolute atomic E-state index is 0.117. The van der Waals surface area contributed by atoms with E-state index in [0.29, 0.717) is 11.6 Å². The average molecular weight is 363 g/mol. The van der Waals surface area contributed by atoms with Gasteiger partial charge in [-0.15, -0.1) is 0 Å². The van der Waals surface area contributed by atoms with E-state index in [9.17, 15) is 4.79 Å². The zero-order valence-corrected chi connectivity index (χ0v) is 15.3. The van der Waals surface area contributed by atoms with E-state index in [4.69, 9.17) is 23.2 Å². The van der Waals surface area contributed by atoms with Crippen molar-refractivity contribution in [3.8, 4) is 0 Å². The second-order valence-electron chi connectivity index (χ2n) is 6.38. The first-order valence-electron chi connectivity index (χ1n) is 7.93. The molecule has 0 fully saturated rings. The highest BCUT2D eigenvalue weighted by Gasteiger charge is 2.26. The summed E-state index contributed by atoms with van der Waals surface area (Å²) < 4.78 is 0. The molecule has 0 amide bonds. The van der Waals surface area contributed by atoms with Gasteiger partial charge in [0, 0.05) is 34.7 Å². The molecule has 0 aromatic heterocycles. The van der Waals surface area contributed by atoms with Crippen LogP contribution in [0.15, 0.2) is 36.4 Å². The van der Waals surface area contributed by atoms with Crippen molar-refractivity contribution in [2.75, 3.05) is 25.5 Å². The molecular weight excluding hydrogens is 343 g/mol. The van der Waals surface area contributed by atoms with Gasteiger partial charge in [0.1, 0.15) is 5.78 Å². The number of hydrogen-bond acceptors (Lipinski definition) is 3. The highest BCUT2D eigenvalue weighted by Crippen LogP contribution is 2.38. The molecule has 5 heteroatoms. The van der Waals surface area contributed by atoms with Crippen LogP contribution in [-0.4, -0.2) is 30.8 Å². The first-order chi connectivity index (χ1) is 11.4. The molecule has 126 valence electrons. The molecule has 2 aromatic rings. The maximum absolute atomic E-state index is 11.1. The topological polar surface area (TPSA) is 32.3 Å². The van der Waals surface area contributed by atoms with Gasteiger partial charge in [0.25, 0.3) is 0 Å². The Balaban J connectivity index is 1.91. The first-order valence-corrected chi connectivity index (χ1v) is 8.69. The van der Waals surface area contributed by atoms with Crippen LogP contribution in [0.25, 0.3) is 0 Å². The number of benzene rings is 2. The number of carbonyl (C=O) groups is 1. The predicted octanol–water partition coefficient (Wildman–Crippen LogP) is 4.57. The summed E-state index contributed by atoms with van der Waals surface area (Å²) in [7, 11) is 2.10. The molecule has 1 aliphatic rings. The van der Waals surface area contributed by atoms with Crippen LogP contribution in [0, 0.1) is 0 Å². The molecule has 0 bridgehead atoms. The number of anilines is 1. The molecule has 1 aliphatic heterocycles. The van der Waals surface area contributed by atoms with Crippen LogP contribution in [-0.2, 0) is 11.3 Å². The van der Waals surface area contributed by atoms with Crippen LogP contribution < -0.4 is 5.32 Å².